The van der Waals surface area contributed by atoms with Gasteiger partial charge >= 0.3 is 0 Å². The number of hydrogen-bond acceptors (Lipinski definition) is 6. The highest BCUT2D eigenvalue weighted by Crippen LogP contribution is 2.32. The smallest absolute Gasteiger partial charge is 0.261 e. The fourth-order valence-electron chi connectivity index (χ4n) is 2.97. The number of sulfonamides is 1. The maximum Gasteiger partial charge on any atom is 0.261 e. The number of imide groups is 1. The Balaban J connectivity index is 1.37. The number of benzene rings is 2. The van der Waals surface area contributed by atoms with Crippen LogP contribution in [-0.4, -0.2) is 44.2 Å². The van der Waals surface area contributed by atoms with Crippen LogP contribution >= 0.6 is 0 Å². The summed E-state index contributed by atoms with van der Waals surface area (Å²) < 4.78 is 37.5. The van der Waals surface area contributed by atoms with Gasteiger partial charge in [0.1, 0.15) is 0 Å². The normalized spacial score (nSPS) is 15.3. The molecule has 1 N–H and O–H groups in total. The Bertz CT molecular complexity index is 999. The molecule has 27 heavy (non-hydrogen) atoms. The molecule has 0 aliphatic carbocycles. The molecule has 2 aliphatic heterocycles. The zero-order valence-electron chi connectivity index (χ0n) is 14.2. The summed E-state index contributed by atoms with van der Waals surface area (Å²) in [5, 5.41) is 0. The molecule has 0 fully saturated rings. The van der Waals surface area contributed by atoms with E-state index < -0.39 is 21.8 Å². The summed E-state index contributed by atoms with van der Waals surface area (Å²) in [6.07, 6.45) is 0. The van der Waals surface area contributed by atoms with Crippen molar-refractivity contribution in [2.75, 3.05) is 19.1 Å². The van der Waals surface area contributed by atoms with Crippen molar-refractivity contribution in [3.63, 3.8) is 0 Å². The third kappa shape index (κ3) is 3.38. The SMILES string of the molecule is O=C1c2ccccc2C(=O)N1CCS(=O)(=O)NCc1ccc2c(c1)OCO2. The zero-order chi connectivity index (χ0) is 19.0. The van der Waals surface area contributed by atoms with Crippen molar-refractivity contribution < 1.29 is 27.5 Å². The quantitative estimate of drug-likeness (QED) is 0.745. The molecule has 0 saturated carbocycles. The van der Waals surface area contributed by atoms with E-state index in [2.05, 4.69) is 4.72 Å². The van der Waals surface area contributed by atoms with Gasteiger partial charge in [0.15, 0.2) is 11.5 Å². The molecular formula is C18H16N2O6S. The lowest BCUT2D eigenvalue weighted by atomic mass is 10.1. The van der Waals surface area contributed by atoms with Gasteiger partial charge in [0.25, 0.3) is 11.8 Å². The van der Waals surface area contributed by atoms with E-state index in [1.54, 1.807) is 42.5 Å². The number of nitrogens with zero attached hydrogens (tertiary/aromatic N) is 1. The third-order valence-electron chi connectivity index (χ3n) is 4.39. The van der Waals surface area contributed by atoms with Crippen LogP contribution in [0.5, 0.6) is 11.5 Å². The fraction of sp³-hybridized carbons (Fsp3) is 0.222. The number of rotatable bonds is 6. The average molecular weight is 388 g/mol. The van der Waals surface area contributed by atoms with Gasteiger partial charge in [0.05, 0.1) is 16.9 Å². The predicted octanol–water partition coefficient (Wildman–Crippen LogP) is 1.13. The zero-order valence-corrected chi connectivity index (χ0v) is 15.0. The summed E-state index contributed by atoms with van der Waals surface area (Å²) in [5.41, 5.74) is 1.31. The van der Waals surface area contributed by atoms with Crippen molar-refractivity contribution in [1.82, 2.24) is 9.62 Å². The minimum atomic E-state index is -3.68. The van der Waals surface area contributed by atoms with E-state index in [1.807, 2.05) is 0 Å². The number of nitrogens with one attached hydrogen (secondary N) is 1. The van der Waals surface area contributed by atoms with Crippen LogP contribution in [0.25, 0.3) is 0 Å². The number of fused-ring (bicyclic) bond motifs is 2. The van der Waals surface area contributed by atoms with Gasteiger partial charge in [-0.25, -0.2) is 13.1 Å². The molecule has 2 amide bonds. The van der Waals surface area contributed by atoms with Gasteiger partial charge in [0.2, 0.25) is 16.8 Å². The van der Waals surface area contributed by atoms with Gasteiger partial charge in [-0.15, -0.1) is 0 Å². The summed E-state index contributed by atoms with van der Waals surface area (Å²) in [5.74, 6) is -0.128. The summed E-state index contributed by atoms with van der Waals surface area (Å²) in [6.45, 7) is 0.00864. The summed E-state index contributed by atoms with van der Waals surface area (Å²) in [7, 11) is -3.68. The largest absolute Gasteiger partial charge is 0.454 e. The number of ether oxygens (including phenoxy) is 2. The van der Waals surface area contributed by atoms with Crippen LogP contribution < -0.4 is 14.2 Å². The lowest BCUT2D eigenvalue weighted by Crippen LogP contribution is -2.37. The van der Waals surface area contributed by atoms with Gasteiger partial charge in [-0.2, -0.15) is 0 Å². The van der Waals surface area contributed by atoms with Crippen molar-refractivity contribution >= 4 is 21.8 Å². The molecule has 0 aromatic heterocycles. The number of hydrogen-bond donors (Lipinski definition) is 1. The van der Waals surface area contributed by atoms with Crippen molar-refractivity contribution in [3.05, 3.63) is 59.2 Å². The standard InChI is InChI=1S/C18H16N2O6S/c21-17-13-3-1-2-4-14(13)18(22)20(17)7-8-27(23,24)19-10-12-5-6-15-16(9-12)26-11-25-15/h1-6,9,19H,7-8,10-11H2. The van der Waals surface area contributed by atoms with E-state index in [0.29, 0.717) is 28.2 Å². The van der Waals surface area contributed by atoms with Crippen LogP contribution in [0.4, 0.5) is 0 Å². The predicted molar refractivity (Wildman–Crippen MR) is 95.0 cm³/mol. The summed E-state index contributed by atoms with van der Waals surface area (Å²) in [6, 6.07) is 11.6. The van der Waals surface area contributed by atoms with E-state index in [1.165, 1.54) is 0 Å². The van der Waals surface area contributed by atoms with Crippen LogP contribution in [0.2, 0.25) is 0 Å². The molecule has 2 heterocycles. The Kier molecular flexibility index (Phi) is 4.33. The Labute approximate surface area is 155 Å². The van der Waals surface area contributed by atoms with Gasteiger partial charge < -0.3 is 9.47 Å². The highest BCUT2D eigenvalue weighted by atomic mass is 32.2. The second-order valence-corrected chi connectivity index (χ2v) is 8.06. The van der Waals surface area contributed by atoms with Gasteiger partial charge in [-0.1, -0.05) is 18.2 Å². The maximum absolute atomic E-state index is 12.3. The molecule has 2 aromatic carbocycles. The minimum Gasteiger partial charge on any atom is -0.454 e. The van der Waals surface area contributed by atoms with Gasteiger partial charge in [0, 0.05) is 13.1 Å². The van der Waals surface area contributed by atoms with Crippen molar-refractivity contribution in [1.29, 1.82) is 0 Å². The Morgan fingerprint density at radius 2 is 1.63 bits per heavy atom. The Morgan fingerprint density at radius 1 is 0.963 bits per heavy atom. The molecule has 4 rings (SSSR count). The maximum atomic E-state index is 12.3. The van der Waals surface area contributed by atoms with E-state index in [0.717, 1.165) is 4.90 Å². The van der Waals surface area contributed by atoms with E-state index >= 15 is 0 Å². The summed E-state index contributed by atoms with van der Waals surface area (Å²) in [4.78, 5) is 25.5. The summed E-state index contributed by atoms with van der Waals surface area (Å²) >= 11 is 0. The monoisotopic (exact) mass is 388 g/mol. The van der Waals surface area contributed by atoms with Crippen LogP contribution in [-0.2, 0) is 16.6 Å². The first-order valence-corrected chi connectivity index (χ1v) is 9.91. The fourth-order valence-corrected chi connectivity index (χ4v) is 3.92. The van der Waals surface area contributed by atoms with Gasteiger partial charge in [-0.3, -0.25) is 14.5 Å². The van der Waals surface area contributed by atoms with E-state index in [4.69, 9.17) is 9.47 Å². The second-order valence-electron chi connectivity index (χ2n) is 6.14. The topological polar surface area (TPSA) is 102 Å². The Hall–Kier alpha value is -2.91. The lowest BCUT2D eigenvalue weighted by Gasteiger charge is -2.14. The molecule has 2 aliphatic rings. The van der Waals surface area contributed by atoms with Gasteiger partial charge in [-0.05, 0) is 29.8 Å². The molecular weight excluding hydrogens is 372 g/mol. The Morgan fingerprint density at radius 3 is 2.33 bits per heavy atom. The molecule has 140 valence electrons. The lowest BCUT2D eigenvalue weighted by molar-refractivity contribution is 0.0664. The second kappa shape index (κ2) is 6.67. The molecule has 2 aromatic rings. The van der Waals surface area contributed by atoms with Crippen LogP contribution in [0.1, 0.15) is 26.3 Å². The molecule has 8 nitrogen and oxygen atoms in total. The van der Waals surface area contributed by atoms with E-state index in [9.17, 15) is 18.0 Å². The molecule has 0 bridgehead atoms. The van der Waals surface area contributed by atoms with Crippen molar-refractivity contribution in [2.24, 2.45) is 0 Å². The van der Waals surface area contributed by atoms with E-state index in [-0.39, 0.29) is 25.6 Å². The molecule has 0 radical (unpaired) electrons. The number of carbonyl (C=O) groups excluding carboxylic acids is 2. The third-order valence-corrected chi connectivity index (χ3v) is 5.70. The van der Waals surface area contributed by atoms with Crippen LogP contribution in [0.3, 0.4) is 0 Å². The first-order chi connectivity index (χ1) is 12.9. The first kappa shape index (κ1) is 17.5. The first-order valence-electron chi connectivity index (χ1n) is 8.26. The molecule has 0 saturated heterocycles. The van der Waals surface area contributed by atoms with Crippen LogP contribution in [0.15, 0.2) is 42.5 Å². The highest BCUT2D eigenvalue weighted by Gasteiger charge is 2.35. The van der Waals surface area contributed by atoms with Crippen LogP contribution in [0, 0.1) is 0 Å². The molecule has 0 spiro atoms. The number of carbonyl (C=O) groups is 2. The van der Waals surface area contributed by atoms with Crippen molar-refractivity contribution in [2.45, 2.75) is 6.54 Å². The molecule has 0 atom stereocenters. The molecule has 9 heteroatoms. The highest BCUT2D eigenvalue weighted by molar-refractivity contribution is 7.89. The number of amides is 2. The molecule has 0 unspecified atom stereocenters. The minimum absolute atomic E-state index is 0.0705. The average Bonchev–Trinajstić information content (AvgIpc) is 3.22. The van der Waals surface area contributed by atoms with Crippen molar-refractivity contribution in [3.8, 4) is 11.5 Å².